The van der Waals surface area contributed by atoms with Crippen molar-refractivity contribution in [2.75, 3.05) is 71.4 Å². The van der Waals surface area contributed by atoms with E-state index in [2.05, 4.69) is 53.1 Å². The molecule has 2 atom stereocenters. The lowest BCUT2D eigenvalue weighted by Crippen LogP contribution is -2.52. The number of carbonyl (C=O) groups is 1. The molecule has 6 nitrogen and oxygen atoms in total. The molecule has 0 aliphatic carbocycles. The Labute approximate surface area is 215 Å². The van der Waals surface area contributed by atoms with Crippen LogP contribution in [0.1, 0.15) is 35.4 Å². The number of anilines is 1. The minimum Gasteiger partial charge on any atom is -0.368 e. The number of piperazine rings is 1. The minimum atomic E-state index is -0.105. The molecular formula is C29H40FN5O. The summed E-state index contributed by atoms with van der Waals surface area (Å²) in [4.78, 5) is 23.8. The lowest BCUT2D eigenvalue weighted by molar-refractivity contribution is 0.159. The number of nitrogens with zero attached hydrogens (tertiary/aromatic N) is 5. The average molecular weight is 494 g/mol. The number of urea groups is 1. The van der Waals surface area contributed by atoms with Gasteiger partial charge >= 0.3 is 6.03 Å². The SMILES string of the molecule is Cc1cccc(F)c1CN1C[C@H](c2ccc(N3CCN(C(=O)N4CCCC4)CC3)cc2)[C@@H](N(C)C)C1. The van der Waals surface area contributed by atoms with Crippen LogP contribution >= 0.6 is 0 Å². The standard InChI is InChI=1S/C29H40FN5O/c1-22-7-6-8-27(30)25(22)19-32-20-26(28(21-32)31(2)3)23-9-11-24(12-10-23)33-15-17-35(18-16-33)29(36)34-13-4-5-14-34/h6-12,26,28H,4-5,13-21H2,1-3H3/t26-,28+/m1/s1. The van der Waals surface area contributed by atoms with Gasteiger partial charge in [-0.05, 0) is 63.2 Å². The molecule has 7 heteroatoms. The van der Waals surface area contributed by atoms with Crippen LogP contribution in [0.5, 0.6) is 0 Å². The molecule has 3 aliphatic heterocycles. The summed E-state index contributed by atoms with van der Waals surface area (Å²) >= 11 is 0. The van der Waals surface area contributed by atoms with E-state index >= 15 is 0 Å². The number of rotatable bonds is 5. The van der Waals surface area contributed by atoms with Crippen molar-refractivity contribution in [2.45, 2.75) is 38.3 Å². The Balaban J connectivity index is 1.22. The largest absolute Gasteiger partial charge is 0.368 e. The highest BCUT2D eigenvalue weighted by atomic mass is 19.1. The van der Waals surface area contributed by atoms with E-state index in [1.165, 1.54) is 11.3 Å². The first-order valence-corrected chi connectivity index (χ1v) is 13.4. The van der Waals surface area contributed by atoms with Crippen molar-refractivity contribution in [3.8, 4) is 0 Å². The van der Waals surface area contributed by atoms with E-state index in [4.69, 9.17) is 0 Å². The van der Waals surface area contributed by atoms with Gasteiger partial charge in [0.05, 0.1) is 0 Å². The maximum atomic E-state index is 14.5. The maximum absolute atomic E-state index is 14.5. The molecule has 0 N–H and O–H groups in total. The fraction of sp³-hybridized carbons (Fsp3) is 0.552. The molecule has 3 heterocycles. The molecule has 2 amide bonds. The van der Waals surface area contributed by atoms with E-state index in [0.29, 0.717) is 18.5 Å². The normalized spacial score (nSPS) is 23.2. The van der Waals surface area contributed by atoms with E-state index in [-0.39, 0.29) is 11.8 Å². The third-order valence-corrected chi connectivity index (χ3v) is 8.38. The Morgan fingerprint density at radius 1 is 0.917 bits per heavy atom. The van der Waals surface area contributed by atoms with Crippen LogP contribution in [-0.2, 0) is 6.54 Å². The highest BCUT2D eigenvalue weighted by molar-refractivity contribution is 5.75. The van der Waals surface area contributed by atoms with Crippen LogP contribution in [0.25, 0.3) is 0 Å². The van der Waals surface area contributed by atoms with Crippen LogP contribution in [0.3, 0.4) is 0 Å². The van der Waals surface area contributed by atoms with E-state index in [0.717, 1.165) is 76.3 Å². The number of amides is 2. The summed E-state index contributed by atoms with van der Waals surface area (Å²) in [6, 6.07) is 15.0. The Bertz CT molecular complexity index is 1020. The number of hydrogen-bond donors (Lipinski definition) is 0. The van der Waals surface area contributed by atoms with Gasteiger partial charge in [0.25, 0.3) is 0 Å². The van der Waals surface area contributed by atoms with Crippen LogP contribution in [0.4, 0.5) is 14.9 Å². The minimum absolute atomic E-state index is 0.105. The molecule has 3 aliphatic rings. The molecule has 5 rings (SSSR count). The van der Waals surface area contributed by atoms with Gasteiger partial charge in [0.2, 0.25) is 0 Å². The predicted octanol–water partition coefficient (Wildman–Crippen LogP) is 4.00. The smallest absolute Gasteiger partial charge is 0.320 e. The summed E-state index contributed by atoms with van der Waals surface area (Å²) in [6.45, 7) is 9.64. The zero-order valence-corrected chi connectivity index (χ0v) is 22.0. The molecule has 0 saturated carbocycles. The molecule has 3 saturated heterocycles. The molecule has 0 spiro atoms. The van der Waals surface area contributed by atoms with E-state index < -0.39 is 0 Å². The van der Waals surface area contributed by atoms with Crippen molar-refractivity contribution in [2.24, 2.45) is 0 Å². The van der Waals surface area contributed by atoms with Gasteiger partial charge in [0.15, 0.2) is 0 Å². The molecule has 0 radical (unpaired) electrons. The van der Waals surface area contributed by atoms with Gasteiger partial charge in [-0.1, -0.05) is 24.3 Å². The highest BCUT2D eigenvalue weighted by Gasteiger charge is 2.35. The van der Waals surface area contributed by atoms with Crippen molar-refractivity contribution >= 4 is 11.7 Å². The first-order valence-electron chi connectivity index (χ1n) is 13.4. The van der Waals surface area contributed by atoms with Crippen molar-refractivity contribution in [1.82, 2.24) is 19.6 Å². The van der Waals surface area contributed by atoms with Crippen LogP contribution in [0.15, 0.2) is 42.5 Å². The third kappa shape index (κ3) is 5.23. The van der Waals surface area contributed by atoms with Gasteiger partial charge in [-0.2, -0.15) is 0 Å². The van der Waals surface area contributed by atoms with Crippen LogP contribution in [-0.4, -0.2) is 98.1 Å². The van der Waals surface area contributed by atoms with Crippen LogP contribution in [0.2, 0.25) is 0 Å². The Morgan fingerprint density at radius 3 is 2.22 bits per heavy atom. The zero-order valence-electron chi connectivity index (χ0n) is 22.0. The molecule has 2 aromatic rings. The summed E-state index contributed by atoms with van der Waals surface area (Å²) < 4.78 is 14.5. The Kier molecular flexibility index (Phi) is 7.49. The predicted molar refractivity (Wildman–Crippen MR) is 143 cm³/mol. The molecule has 3 fully saturated rings. The maximum Gasteiger partial charge on any atom is 0.320 e. The molecule has 0 unspecified atom stereocenters. The van der Waals surface area contributed by atoms with Crippen LogP contribution < -0.4 is 4.90 Å². The number of hydrogen-bond acceptors (Lipinski definition) is 4. The highest BCUT2D eigenvalue weighted by Crippen LogP contribution is 2.33. The summed E-state index contributed by atoms with van der Waals surface area (Å²) in [5.41, 5.74) is 4.40. The Hall–Kier alpha value is -2.64. The first kappa shape index (κ1) is 25.0. The van der Waals surface area contributed by atoms with Crippen molar-refractivity contribution in [3.05, 3.63) is 65.0 Å². The fourth-order valence-electron chi connectivity index (χ4n) is 6.13. The monoisotopic (exact) mass is 493 g/mol. The molecule has 0 aromatic heterocycles. The zero-order chi connectivity index (χ0) is 25.2. The molecule has 2 aromatic carbocycles. The summed E-state index contributed by atoms with van der Waals surface area (Å²) in [5, 5.41) is 0. The number of likely N-dealkylation sites (N-methyl/N-ethyl adjacent to an activating group) is 1. The number of halogens is 1. The van der Waals surface area contributed by atoms with Gasteiger partial charge in [0.1, 0.15) is 5.82 Å². The van der Waals surface area contributed by atoms with Crippen molar-refractivity contribution in [1.29, 1.82) is 0 Å². The first-order chi connectivity index (χ1) is 17.4. The van der Waals surface area contributed by atoms with Crippen molar-refractivity contribution in [3.63, 3.8) is 0 Å². The number of likely N-dealkylation sites (tertiary alicyclic amines) is 2. The average Bonchev–Trinajstić information content (AvgIpc) is 3.57. The third-order valence-electron chi connectivity index (χ3n) is 8.38. The van der Waals surface area contributed by atoms with Gasteiger partial charge < -0.3 is 19.6 Å². The second kappa shape index (κ2) is 10.8. The second-order valence-electron chi connectivity index (χ2n) is 10.9. The van der Waals surface area contributed by atoms with Gasteiger partial charge in [-0.15, -0.1) is 0 Å². The second-order valence-corrected chi connectivity index (χ2v) is 10.9. The van der Waals surface area contributed by atoms with E-state index in [9.17, 15) is 9.18 Å². The van der Waals surface area contributed by atoms with Gasteiger partial charge in [-0.3, -0.25) is 4.90 Å². The molecule has 36 heavy (non-hydrogen) atoms. The number of benzene rings is 2. The molecular weight excluding hydrogens is 453 g/mol. The lowest BCUT2D eigenvalue weighted by Gasteiger charge is -2.37. The van der Waals surface area contributed by atoms with Gasteiger partial charge in [-0.25, -0.2) is 9.18 Å². The van der Waals surface area contributed by atoms with E-state index in [1.807, 2.05) is 22.8 Å². The van der Waals surface area contributed by atoms with Crippen molar-refractivity contribution < 1.29 is 9.18 Å². The topological polar surface area (TPSA) is 33.3 Å². The number of aryl methyl sites for hydroxylation is 1. The van der Waals surface area contributed by atoms with Crippen LogP contribution in [0, 0.1) is 12.7 Å². The molecule has 0 bridgehead atoms. The lowest BCUT2D eigenvalue weighted by atomic mass is 9.93. The summed E-state index contributed by atoms with van der Waals surface area (Å²) in [7, 11) is 4.29. The quantitative estimate of drug-likeness (QED) is 0.631. The summed E-state index contributed by atoms with van der Waals surface area (Å²) in [5.74, 6) is 0.280. The number of carbonyl (C=O) groups excluding carboxylic acids is 1. The summed E-state index contributed by atoms with van der Waals surface area (Å²) in [6.07, 6.45) is 2.27. The Morgan fingerprint density at radius 2 is 1.58 bits per heavy atom. The van der Waals surface area contributed by atoms with E-state index in [1.54, 1.807) is 12.1 Å². The van der Waals surface area contributed by atoms with Gasteiger partial charge in [0, 0.05) is 82.1 Å². The fourth-order valence-corrected chi connectivity index (χ4v) is 6.13. The molecule has 194 valence electrons.